The van der Waals surface area contributed by atoms with Crippen LogP contribution in [0.15, 0.2) is 125 Å². The lowest BCUT2D eigenvalue weighted by Gasteiger charge is -2.47. The van der Waals surface area contributed by atoms with Crippen molar-refractivity contribution in [1.82, 2.24) is 0 Å². The molecule has 0 bridgehead atoms. The first-order valence-electron chi connectivity index (χ1n) is 15.8. The van der Waals surface area contributed by atoms with E-state index >= 15 is 0 Å². The maximum atomic E-state index is 7.42. The van der Waals surface area contributed by atoms with Crippen LogP contribution in [0.3, 0.4) is 0 Å². The molecule has 0 spiro atoms. The molecule has 2 aliphatic heterocycles. The van der Waals surface area contributed by atoms with Crippen molar-refractivity contribution in [2.75, 3.05) is 13.7 Å². The molecule has 4 atom stereocenters. The van der Waals surface area contributed by atoms with Crippen molar-refractivity contribution >= 4 is 36.8 Å². The molecule has 1 aliphatic carbocycles. The van der Waals surface area contributed by atoms with E-state index in [1.165, 1.54) is 32.1 Å². The number of hydrogen-bond donors (Lipinski definition) is 1. The number of nitrogens with zero attached hydrogens (tertiary/aromatic N) is 2. The van der Waals surface area contributed by atoms with Crippen molar-refractivity contribution in [1.29, 1.82) is 0 Å². The van der Waals surface area contributed by atoms with Gasteiger partial charge in [-0.1, -0.05) is 121 Å². The minimum atomic E-state index is -2.15. The van der Waals surface area contributed by atoms with Crippen LogP contribution in [0.4, 0.5) is 0 Å². The monoisotopic (exact) mass is 602 g/mol. The van der Waals surface area contributed by atoms with E-state index in [9.17, 15) is 0 Å². The lowest BCUT2D eigenvalue weighted by molar-refractivity contribution is -0.858. The molecule has 0 N–H and O–H groups in total. The molecular weight excluding hydrogens is 563 g/mol. The Labute approximate surface area is 266 Å². The van der Waals surface area contributed by atoms with Gasteiger partial charge in [0.05, 0.1) is 13.7 Å². The molecule has 5 nitrogen and oxygen atoms in total. The smallest absolute Gasteiger partial charge is 0.583 e. The molecule has 7 rings (SSSR count). The number of quaternary nitrogens is 1. The number of rotatable bonds is 8. The summed E-state index contributed by atoms with van der Waals surface area (Å²) in [6.07, 6.45) is 10.5. The van der Waals surface area contributed by atoms with Crippen LogP contribution in [0.2, 0.25) is 0 Å². The average molecular weight is 603 g/mol. The summed E-state index contributed by atoms with van der Waals surface area (Å²) in [7, 11) is 1.68. The van der Waals surface area contributed by atoms with Crippen LogP contribution >= 0.6 is 12.6 Å². The van der Waals surface area contributed by atoms with E-state index in [0.717, 1.165) is 39.3 Å². The molecule has 4 aromatic rings. The maximum absolute atomic E-state index is 7.42. The van der Waals surface area contributed by atoms with E-state index in [1.807, 2.05) is 36.4 Å². The average Bonchev–Trinajstić information content (AvgIpc) is 3.53. The summed E-state index contributed by atoms with van der Waals surface area (Å²) in [5.41, 5.74) is 4.20. The minimum absolute atomic E-state index is 0.119. The molecule has 1 saturated heterocycles. The molecule has 4 aromatic carbocycles. The number of hydrogen-bond acceptors (Lipinski definition) is 5. The van der Waals surface area contributed by atoms with Gasteiger partial charge in [-0.05, 0) is 54.3 Å². The molecule has 1 unspecified atom stereocenters. The summed E-state index contributed by atoms with van der Waals surface area (Å²) in [5.74, 6) is 1.93. The van der Waals surface area contributed by atoms with Crippen LogP contribution in [-0.4, -0.2) is 36.8 Å². The highest BCUT2D eigenvalue weighted by molar-refractivity contribution is 7.80. The van der Waals surface area contributed by atoms with Gasteiger partial charge in [-0.2, -0.15) is 0 Å². The first kappa shape index (κ1) is 29.0. The third kappa shape index (κ3) is 5.27. The molecular formula is C37H39BN2O3S. The second-order valence-corrected chi connectivity index (χ2v) is 12.8. The number of thiol groups is 1. The summed E-state index contributed by atoms with van der Waals surface area (Å²) >= 11 is 4.62. The Morgan fingerprint density at radius 1 is 0.864 bits per heavy atom. The van der Waals surface area contributed by atoms with Gasteiger partial charge in [0.2, 0.25) is 5.90 Å². The van der Waals surface area contributed by atoms with Crippen molar-refractivity contribution in [2.45, 2.75) is 49.1 Å². The largest absolute Gasteiger partial charge is 0.618 e. The van der Waals surface area contributed by atoms with Gasteiger partial charge in [0.25, 0.3) is 0 Å². The second-order valence-electron chi connectivity index (χ2n) is 12.3. The van der Waals surface area contributed by atoms with Crippen LogP contribution in [0.25, 0.3) is 6.08 Å². The molecule has 0 radical (unpaired) electrons. The summed E-state index contributed by atoms with van der Waals surface area (Å²) in [4.78, 5) is 0.902. The summed E-state index contributed by atoms with van der Waals surface area (Å²) < 4.78 is 20.4. The molecule has 2 heterocycles. The molecule has 2 fully saturated rings. The fourth-order valence-electron chi connectivity index (χ4n) is 7.46. The van der Waals surface area contributed by atoms with E-state index < -0.39 is 6.69 Å². The van der Waals surface area contributed by atoms with E-state index in [-0.39, 0.29) is 12.1 Å². The summed E-state index contributed by atoms with van der Waals surface area (Å²) in [6, 6.07) is 37.3. The summed E-state index contributed by atoms with van der Waals surface area (Å²) in [5, 5.41) is 5.67. The minimum Gasteiger partial charge on any atom is -0.618 e. The van der Waals surface area contributed by atoms with Gasteiger partial charge in [-0.15, -0.1) is 12.6 Å². The molecule has 0 aromatic heterocycles. The lowest BCUT2D eigenvalue weighted by atomic mass is 9.60. The number of methoxy groups -OCH3 is 1. The first-order chi connectivity index (χ1) is 21.6. The first-order valence-corrected chi connectivity index (χ1v) is 16.3. The van der Waals surface area contributed by atoms with Gasteiger partial charge in [-0.3, -0.25) is 0 Å². The van der Waals surface area contributed by atoms with E-state index in [4.69, 9.17) is 19.1 Å². The number of ether oxygens (including phenoxy) is 1. The predicted molar refractivity (Wildman–Crippen MR) is 181 cm³/mol. The zero-order chi connectivity index (χ0) is 30.0. The van der Waals surface area contributed by atoms with Gasteiger partial charge in [-0.25, -0.2) is 0 Å². The topological polar surface area (TPSA) is 40.0 Å². The number of fused-ring (bicyclic) bond motifs is 1. The van der Waals surface area contributed by atoms with Crippen LogP contribution in [0, 0.1) is 5.92 Å². The lowest BCUT2D eigenvalue weighted by Crippen LogP contribution is -2.71. The Bertz CT molecular complexity index is 1630. The highest BCUT2D eigenvalue weighted by Crippen LogP contribution is 2.51. The molecule has 224 valence electrons. The quantitative estimate of drug-likeness (QED) is 0.166. The Kier molecular flexibility index (Phi) is 8.11. The standard InChI is InChI=1S/C37H39BN2O3S/c1-41-33-22-18-31(19-23-33)37-39-40(27-29-13-7-3-8-14-29)35(26-17-28-11-5-2-6-12-28)36(30-15-9-4-10-16-30)42-38(40,43-37)32-20-24-34(44)25-21-32/h2,4-6,9-12,15-26,29,35-36,44H,3,7-8,13-14,27H2,1H3/b26-17+/t35-,36+,38?,40+/m0/s1. The third-order valence-corrected chi connectivity index (χ3v) is 9.93. The normalized spacial score (nSPS) is 26.7. The Morgan fingerprint density at radius 3 is 2.23 bits per heavy atom. The molecule has 0 amide bonds. The van der Waals surface area contributed by atoms with Crippen molar-refractivity contribution in [3.8, 4) is 5.75 Å². The van der Waals surface area contributed by atoms with Crippen molar-refractivity contribution in [2.24, 2.45) is 11.0 Å². The zero-order valence-corrected chi connectivity index (χ0v) is 26.1. The van der Waals surface area contributed by atoms with Gasteiger partial charge < -0.3 is 18.5 Å². The van der Waals surface area contributed by atoms with Crippen molar-refractivity contribution < 1.29 is 18.5 Å². The fourth-order valence-corrected chi connectivity index (χ4v) is 7.61. The van der Waals surface area contributed by atoms with E-state index in [2.05, 4.69) is 97.6 Å². The van der Waals surface area contributed by atoms with Gasteiger partial charge >= 0.3 is 6.69 Å². The zero-order valence-electron chi connectivity index (χ0n) is 25.2. The predicted octanol–water partition coefficient (Wildman–Crippen LogP) is 7.77. The molecule has 1 saturated carbocycles. The van der Waals surface area contributed by atoms with Crippen LogP contribution in [-0.2, 0) is 9.31 Å². The second kappa shape index (κ2) is 12.3. The van der Waals surface area contributed by atoms with Crippen LogP contribution in [0.1, 0.15) is 54.9 Å². The van der Waals surface area contributed by atoms with Crippen molar-refractivity contribution in [3.05, 3.63) is 132 Å². The molecule has 44 heavy (non-hydrogen) atoms. The Balaban J connectivity index is 1.45. The Morgan fingerprint density at radius 2 is 1.55 bits per heavy atom. The Hall–Kier alpha value is -3.78. The van der Waals surface area contributed by atoms with E-state index in [0.29, 0.717) is 16.3 Å². The van der Waals surface area contributed by atoms with Crippen molar-refractivity contribution in [3.63, 3.8) is 0 Å². The highest BCUT2D eigenvalue weighted by atomic mass is 32.1. The maximum Gasteiger partial charge on any atom is 0.583 e. The third-order valence-electron chi connectivity index (χ3n) is 9.63. The van der Waals surface area contributed by atoms with Crippen LogP contribution < -0.4 is 10.2 Å². The van der Waals surface area contributed by atoms with Gasteiger partial charge in [0.15, 0.2) is 0 Å². The number of benzene rings is 4. The molecule has 7 heteroatoms. The summed E-state index contributed by atoms with van der Waals surface area (Å²) in [6.45, 7) is -1.30. The van der Waals surface area contributed by atoms with Crippen LogP contribution in [0.5, 0.6) is 5.75 Å². The highest BCUT2D eigenvalue weighted by Gasteiger charge is 2.70. The SMILES string of the molecule is COc1ccc(C2=N[N@+]3(CC4CCCCC4)[C@@H](/C=C/c4ccccc4)[C@@H](c4ccccc4)O[B-]3(c3ccc(S)cc3)O2)cc1. The van der Waals surface area contributed by atoms with Gasteiger partial charge in [0.1, 0.15) is 17.9 Å². The fraction of sp³-hybridized carbons (Fsp3) is 0.270. The molecule has 3 aliphatic rings. The van der Waals surface area contributed by atoms with E-state index in [1.54, 1.807) is 7.11 Å². The van der Waals surface area contributed by atoms with Gasteiger partial charge in [0, 0.05) is 16.4 Å².